The minimum absolute atomic E-state index is 0.687. The summed E-state index contributed by atoms with van der Waals surface area (Å²) >= 11 is 0. The lowest BCUT2D eigenvalue weighted by Crippen LogP contribution is -2.29. The van der Waals surface area contributed by atoms with E-state index in [4.69, 9.17) is 0 Å². The Morgan fingerprint density at radius 1 is 0.696 bits per heavy atom. The predicted molar refractivity (Wildman–Crippen MR) is 96.4 cm³/mol. The Kier molecular flexibility index (Phi) is 3.66. The molecular weight excluding hydrogens is 280 g/mol. The first-order chi connectivity index (χ1) is 11.3. The van der Waals surface area contributed by atoms with E-state index in [2.05, 4.69) is 60.7 Å². The number of aliphatic hydroxyl groups is 1. The Labute approximate surface area is 137 Å². The Hall–Kier alpha value is -2.12. The third-order valence-corrected chi connectivity index (χ3v) is 5.17. The molecule has 0 aliphatic heterocycles. The maximum Gasteiger partial charge on any atom is 0.0902 e. The molecule has 0 spiro atoms. The Morgan fingerprint density at radius 2 is 1.39 bits per heavy atom. The van der Waals surface area contributed by atoms with Crippen molar-refractivity contribution in [2.45, 2.75) is 37.7 Å². The Morgan fingerprint density at radius 3 is 2.17 bits per heavy atom. The molecule has 0 atom stereocenters. The van der Waals surface area contributed by atoms with E-state index in [1.807, 2.05) is 6.07 Å². The monoisotopic (exact) mass is 302 g/mol. The third kappa shape index (κ3) is 2.55. The maximum absolute atomic E-state index is 11.3. The van der Waals surface area contributed by atoms with Gasteiger partial charge in [0.25, 0.3) is 0 Å². The minimum atomic E-state index is -0.687. The highest BCUT2D eigenvalue weighted by atomic mass is 16.3. The summed E-state index contributed by atoms with van der Waals surface area (Å²) < 4.78 is 0. The number of hydrogen-bond donors (Lipinski definition) is 1. The van der Waals surface area contributed by atoms with Gasteiger partial charge in [-0.1, -0.05) is 86.0 Å². The molecule has 0 bridgehead atoms. The summed E-state index contributed by atoms with van der Waals surface area (Å²) in [5.74, 6) is 0. The van der Waals surface area contributed by atoms with Crippen molar-refractivity contribution in [2.75, 3.05) is 0 Å². The molecule has 1 fully saturated rings. The van der Waals surface area contributed by atoms with Gasteiger partial charge in [0.2, 0.25) is 0 Å². The number of rotatable bonds is 2. The quantitative estimate of drug-likeness (QED) is 0.647. The summed E-state index contributed by atoms with van der Waals surface area (Å²) in [5, 5.41) is 13.8. The Balaban J connectivity index is 2.01. The van der Waals surface area contributed by atoms with E-state index in [1.54, 1.807) is 0 Å². The summed E-state index contributed by atoms with van der Waals surface area (Å²) in [5.41, 5.74) is 2.81. The lowest BCUT2D eigenvalue weighted by atomic mass is 9.76. The van der Waals surface area contributed by atoms with Crippen LogP contribution in [0.5, 0.6) is 0 Å². The van der Waals surface area contributed by atoms with Crippen molar-refractivity contribution in [3.63, 3.8) is 0 Å². The van der Waals surface area contributed by atoms with Crippen molar-refractivity contribution in [3.8, 4) is 11.1 Å². The average molecular weight is 302 g/mol. The number of hydrogen-bond acceptors (Lipinski definition) is 1. The van der Waals surface area contributed by atoms with Crippen LogP contribution in [0.4, 0.5) is 0 Å². The standard InChI is InChI=1S/C22H22O/c23-22(15-7-2-8-16-22)20-14-13-17-9-5-6-12-19(17)21(20)18-10-3-1-4-11-18/h1,3-6,9-14,23H,2,7-8,15-16H2. The van der Waals surface area contributed by atoms with Crippen LogP contribution >= 0.6 is 0 Å². The average Bonchev–Trinajstić information content (AvgIpc) is 2.62. The first-order valence-electron chi connectivity index (χ1n) is 8.58. The second-order valence-corrected chi connectivity index (χ2v) is 6.67. The first kappa shape index (κ1) is 14.5. The molecule has 0 heterocycles. The number of benzene rings is 3. The van der Waals surface area contributed by atoms with Crippen LogP contribution in [-0.4, -0.2) is 5.11 Å². The molecule has 3 aromatic carbocycles. The molecule has 0 unspecified atom stereocenters. The van der Waals surface area contributed by atoms with E-state index in [1.165, 1.54) is 28.3 Å². The highest BCUT2D eigenvalue weighted by molar-refractivity contribution is 5.98. The fourth-order valence-electron chi connectivity index (χ4n) is 3.98. The van der Waals surface area contributed by atoms with Gasteiger partial charge in [-0.2, -0.15) is 0 Å². The number of fused-ring (bicyclic) bond motifs is 1. The largest absolute Gasteiger partial charge is 0.385 e. The minimum Gasteiger partial charge on any atom is -0.385 e. The molecule has 1 saturated carbocycles. The van der Waals surface area contributed by atoms with Crippen LogP contribution in [0.3, 0.4) is 0 Å². The summed E-state index contributed by atoms with van der Waals surface area (Å²) in [6.45, 7) is 0. The molecule has 23 heavy (non-hydrogen) atoms. The zero-order chi connectivity index (χ0) is 15.7. The van der Waals surface area contributed by atoms with Crippen molar-refractivity contribution in [3.05, 3.63) is 72.3 Å². The van der Waals surface area contributed by atoms with Gasteiger partial charge in [-0.25, -0.2) is 0 Å². The van der Waals surface area contributed by atoms with Gasteiger partial charge in [0.1, 0.15) is 0 Å². The van der Waals surface area contributed by atoms with Crippen LogP contribution in [0.25, 0.3) is 21.9 Å². The summed E-state index contributed by atoms with van der Waals surface area (Å²) in [6.07, 6.45) is 5.18. The smallest absolute Gasteiger partial charge is 0.0902 e. The normalized spacial score (nSPS) is 17.3. The molecule has 0 radical (unpaired) electrons. The summed E-state index contributed by atoms with van der Waals surface area (Å²) in [7, 11) is 0. The molecule has 4 rings (SSSR count). The van der Waals surface area contributed by atoms with Gasteiger partial charge in [0, 0.05) is 0 Å². The van der Waals surface area contributed by atoms with Crippen LogP contribution < -0.4 is 0 Å². The fraction of sp³-hybridized carbons (Fsp3) is 0.273. The molecule has 1 aliphatic carbocycles. The molecule has 1 nitrogen and oxygen atoms in total. The predicted octanol–water partition coefficient (Wildman–Crippen LogP) is 5.66. The second-order valence-electron chi connectivity index (χ2n) is 6.67. The molecule has 0 aromatic heterocycles. The van der Waals surface area contributed by atoms with E-state index in [-0.39, 0.29) is 0 Å². The molecule has 116 valence electrons. The van der Waals surface area contributed by atoms with Crippen LogP contribution in [0.1, 0.15) is 37.7 Å². The lowest BCUT2D eigenvalue weighted by Gasteiger charge is -2.34. The second kappa shape index (κ2) is 5.82. The van der Waals surface area contributed by atoms with Gasteiger partial charge in [0.05, 0.1) is 5.60 Å². The maximum atomic E-state index is 11.3. The zero-order valence-corrected chi connectivity index (χ0v) is 13.3. The highest BCUT2D eigenvalue weighted by Gasteiger charge is 2.33. The van der Waals surface area contributed by atoms with Crippen molar-refractivity contribution in [2.24, 2.45) is 0 Å². The van der Waals surface area contributed by atoms with Crippen LogP contribution in [0.15, 0.2) is 66.7 Å². The van der Waals surface area contributed by atoms with Crippen molar-refractivity contribution < 1.29 is 5.11 Å². The topological polar surface area (TPSA) is 20.2 Å². The molecular formula is C22H22O. The third-order valence-electron chi connectivity index (χ3n) is 5.17. The summed E-state index contributed by atoms with van der Waals surface area (Å²) in [6, 6.07) is 23.3. The van der Waals surface area contributed by atoms with Crippen LogP contribution in [0, 0.1) is 0 Å². The highest BCUT2D eigenvalue weighted by Crippen LogP contribution is 2.44. The van der Waals surface area contributed by atoms with E-state index in [0.29, 0.717) is 0 Å². The van der Waals surface area contributed by atoms with E-state index in [0.717, 1.165) is 31.2 Å². The van der Waals surface area contributed by atoms with E-state index < -0.39 is 5.60 Å². The summed E-state index contributed by atoms with van der Waals surface area (Å²) in [4.78, 5) is 0. The van der Waals surface area contributed by atoms with Gasteiger partial charge >= 0.3 is 0 Å². The van der Waals surface area contributed by atoms with E-state index >= 15 is 0 Å². The van der Waals surface area contributed by atoms with Gasteiger partial charge < -0.3 is 5.11 Å². The fourth-order valence-corrected chi connectivity index (χ4v) is 3.98. The van der Waals surface area contributed by atoms with Crippen molar-refractivity contribution in [1.29, 1.82) is 0 Å². The molecule has 0 amide bonds. The van der Waals surface area contributed by atoms with Gasteiger partial charge in [0.15, 0.2) is 0 Å². The van der Waals surface area contributed by atoms with Gasteiger partial charge in [-0.3, -0.25) is 0 Å². The first-order valence-corrected chi connectivity index (χ1v) is 8.58. The molecule has 1 heteroatoms. The van der Waals surface area contributed by atoms with Gasteiger partial charge in [-0.05, 0) is 40.3 Å². The van der Waals surface area contributed by atoms with Crippen LogP contribution in [0.2, 0.25) is 0 Å². The SMILES string of the molecule is OC1(c2ccc3ccccc3c2-c2ccccc2)CCCCC1. The Bertz CT molecular complexity index is 814. The van der Waals surface area contributed by atoms with E-state index in [9.17, 15) is 5.11 Å². The van der Waals surface area contributed by atoms with Crippen LogP contribution in [-0.2, 0) is 5.60 Å². The van der Waals surface area contributed by atoms with Crippen molar-refractivity contribution >= 4 is 10.8 Å². The van der Waals surface area contributed by atoms with Gasteiger partial charge in [-0.15, -0.1) is 0 Å². The zero-order valence-electron chi connectivity index (χ0n) is 13.3. The lowest BCUT2D eigenvalue weighted by molar-refractivity contribution is 0.00000636. The van der Waals surface area contributed by atoms with Crippen molar-refractivity contribution in [1.82, 2.24) is 0 Å². The molecule has 1 N–H and O–H groups in total. The molecule has 0 saturated heterocycles. The molecule has 3 aromatic rings. The molecule has 1 aliphatic rings.